The van der Waals surface area contributed by atoms with Crippen LogP contribution in [0.2, 0.25) is 5.15 Å². The Morgan fingerprint density at radius 1 is 1.32 bits per heavy atom. The number of halogens is 4. The number of anilines is 1. The Labute approximate surface area is 150 Å². The summed E-state index contributed by atoms with van der Waals surface area (Å²) in [4.78, 5) is 19.7. The van der Waals surface area contributed by atoms with Gasteiger partial charge in [0.25, 0.3) is 0 Å². The Morgan fingerprint density at radius 2 is 2.04 bits per heavy atom. The molecule has 134 valence electrons. The highest BCUT2D eigenvalue weighted by molar-refractivity contribution is 8.00. The monoisotopic (exact) mass is 391 g/mol. The third kappa shape index (κ3) is 5.32. The van der Waals surface area contributed by atoms with E-state index in [0.29, 0.717) is 0 Å². The van der Waals surface area contributed by atoms with Crippen LogP contribution < -0.4 is 5.73 Å². The van der Waals surface area contributed by atoms with E-state index in [1.165, 1.54) is 12.1 Å². The molecular formula is C15H13ClF3N3O2S. The maximum atomic E-state index is 12.7. The van der Waals surface area contributed by atoms with Crippen LogP contribution in [0.3, 0.4) is 0 Å². The molecule has 0 aliphatic carbocycles. The van der Waals surface area contributed by atoms with Crippen molar-refractivity contribution in [1.82, 2.24) is 9.97 Å². The number of benzene rings is 1. The van der Waals surface area contributed by atoms with Gasteiger partial charge in [0.15, 0.2) is 0 Å². The van der Waals surface area contributed by atoms with Gasteiger partial charge in [-0.05, 0) is 11.6 Å². The minimum atomic E-state index is -4.46. The first-order chi connectivity index (χ1) is 11.7. The van der Waals surface area contributed by atoms with E-state index in [9.17, 15) is 23.1 Å². The molecule has 0 spiro atoms. The number of aliphatic hydroxyl groups is 1. The van der Waals surface area contributed by atoms with Crippen molar-refractivity contribution in [1.29, 1.82) is 0 Å². The van der Waals surface area contributed by atoms with E-state index in [0.717, 1.165) is 23.9 Å². The average molecular weight is 392 g/mol. The summed E-state index contributed by atoms with van der Waals surface area (Å²) in [6, 6.07) is 4.60. The summed E-state index contributed by atoms with van der Waals surface area (Å²) < 4.78 is 38.0. The molecule has 0 amide bonds. The van der Waals surface area contributed by atoms with Gasteiger partial charge in [-0.1, -0.05) is 41.6 Å². The van der Waals surface area contributed by atoms with Crippen molar-refractivity contribution in [3.8, 4) is 0 Å². The molecular weight excluding hydrogens is 379 g/mol. The van der Waals surface area contributed by atoms with E-state index in [4.69, 9.17) is 17.3 Å². The summed E-state index contributed by atoms with van der Waals surface area (Å²) in [5.74, 6) is -0.465. The van der Waals surface area contributed by atoms with Gasteiger partial charge in [0.2, 0.25) is 5.95 Å². The van der Waals surface area contributed by atoms with E-state index in [1.807, 2.05) is 0 Å². The number of aliphatic hydroxyl groups excluding tert-OH is 1. The highest BCUT2D eigenvalue weighted by Crippen LogP contribution is 2.30. The van der Waals surface area contributed by atoms with E-state index < -0.39 is 18.3 Å². The zero-order valence-corrected chi connectivity index (χ0v) is 14.3. The van der Waals surface area contributed by atoms with Gasteiger partial charge in [0.1, 0.15) is 16.0 Å². The second kappa shape index (κ2) is 8.03. The molecule has 2 aromatic rings. The number of Topliss-reactive ketones (excluding diaryl/α,β-unsaturated/α-hetero) is 1. The van der Waals surface area contributed by atoms with Crippen LogP contribution in [0.5, 0.6) is 0 Å². The summed E-state index contributed by atoms with van der Waals surface area (Å²) in [5.41, 5.74) is 5.18. The molecule has 0 fully saturated rings. The molecule has 1 heterocycles. The number of thioether (sulfide) groups is 1. The van der Waals surface area contributed by atoms with E-state index in [-0.39, 0.29) is 45.2 Å². The molecule has 0 radical (unpaired) electrons. The van der Waals surface area contributed by atoms with Gasteiger partial charge >= 0.3 is 6.18 Å². The first kappa shape index (κ1) is 19.5. The Bertz CT molecular complexity index is 787. The molecule has 5 nitrogen and oxygen atoms in total. The first-order valence-electron chi connectivity index (χ1n) is 6.94. The summed E-state index contributed by atoms with van der Waals surface area (Å²) in [6.07, 6.45) is -4.61. The molecule has 0 bridgehead atoms. The number of hydrogen-bond donors (Lipinski definition) is 2. The highest BCUT2D eigenvalue weighted by Gasteiger charge is 2.30. The molecule has 25 heavy (non-hydrogen) atoms. The minimum absolute atomic E-state index is 0.0113. The van der Waals surface area contributed by atoms with Crippen molar-refractivity contribution in [3.05, 3.63) is 46.1 Å². The molecule has 2 rings (SSSR count). The summed E-state index contributed by atoms with van der Waals surface area (Å²) >= 11 is 6.83. The minimum Gasteiger partial charge on any atom is -0.391 e. The van der Waals surface area contributed by atoms with Crippen LogP contribution in [-0.2, 0) is 24.0 Å². The topological polar surface area (TPSA) is 89.1 Å². The average Bonchev–Trinajstić information content (AvgIpc) is 2.52. The Kier molecular flexibility index (Phi) is 6.26. The lowest BCUT2D eigenvalue weighted by atomic mass is 10.1. The molecule has 0 saturated heterocycles. The smallest absolute Gasteiger partial charge is 0.391 e. The van der Waals surface area contributed by atoms with Crippen LogP contribution >= 0.6 is 23.4 Å². The highest BCUT2D eigenvalue weighted by atomic mass is 35.5. The molecule has 0 unspecified atom stereocenters. The number of rotatable bonds is 6. The summed E-state index contributed by atoms with van der Waals surface area (Å²) in [5, 5.41) is 9.54. The lowest BCUT2D eigenvalue weighted by Crippen LogP contribution is -2.10. The lowest BCUT2D eigenvalue weighted by Gasteiger charge is -2.09. The largest absolute Gasteiger partial charge is 0.416 e. The fraction of sp³-hybridized carbons (Fsp3) is 0.267. The van der Waals surface area contributed by atoms with Gasteiger partial charge in [-0.25, -0.2) is 9.97 Å². The van der Waals surface area contributed by atoms with Crippen molar-refractivity contribution in [2.75, 3.05) is 11.5 Å². The third-order valence-electron chi connectivity index (χ3n) is 3.12. The number of nitrogens with two attached hydrogens (primary N) is 1. The molecule has 0 aliphatic rings. The molecule has 0 atom stereocenters. The van der Waals surface area contributed by atoms with Gasteiger partial charge in [0, 0.05) is 12.0 Å². The Balaban J connectivity index is 2.05. The summed E-state index contributed by atoms with van der Waals surface area (Å²) in [6.45, 7) is -0.427. The van der Waals surface area contributed by atoms with Crippen molar-refractivity contribution >= 4 is 35.1 Å². The van der Waals surface area contributed by atoms with E-state index in [1.54, 1.807) is 0 Å². The number of carbonyl (C=O) groups excluding carboxylic acids is 1. The standard InChI is InChI=1S/C15H13ClF3N3O2S/c16-12-11(6-23)13(22-14(20)21-12)25-7-10(24)5-8-2-1-3-9(4-8)15(17,18)19/h1-4,23H,5-7H2,(H2,20,21,22). The van der Waals surface area contributed by atoms with Crippen LogP contribution in [0, 0.1) is 0 Å². The van der Waals surface area contributed by atoms with Crippen LogP contribution in [0.4, 0.5) is 19.1 Å². The fourth-order valence-corrected chi connectivity index (χ4v) is 3.18. The van der Waals surface area contributed by atoms with E-state index >= 15 is 0 Å². The lowest BCUT2D eigenvalue weighted by molar-refractivity contribution is -0.137. The second-order valence-corrected chi connectivity index (χ2v) is 6.34. The maximum absolute atomic E-state index is 12.7. The zero-order chi connectivity index (χ0) is 18.6. The van der Waals surface area contributed by atoms with Gasteiger partial charge in [-0.15, -0.1) is 0 Å². The van der Waals surface area contributed by atoms with Crippen molar-refractivity contribution in [2.24, 2.45) is 0 Å². The number of ketones is 1. The predicted octanol–water partition coefficient (Wildman–Crippen LogP) is 3.13. The van der Waals surface area contributed by atoms with Crippen molar-refractivity contribution in [3.63, 3.8) is 0 Å². The quantitative estimate of drug-likeness (QED) is 0.581. The van der Waals surface area contributed by atoms with Crippen LogP contribution in [0.25, 0.3) is 0 Å². The van der Waals surface area contributed by atoms with Gasteiger partial charge in [-0.3, -0.25) is 4.79 Å². The Morgan fingerprint density at radius 3 is 2.68 bits per heavy atom. The maximum Gasteiger partial charge on any atom is 0.416 e. The first-order valence-corrected chi connectivity index (χ1v) is 8.30. The van der Waals surface area contributed by atoms with Gasteiger partial charge in [0.05, 0.1) is 17.9 Å². The molecule has 0 saturated carbocycles. The number of nitrogens with zero attached hydrogens (tertiary/aromatic N) is 2. The fourth-order valence-electron chi connectivity index (χ4n) is 1.99. The molecule has 1 aromatic carbocycles. The number of aromatic nitrogens is 2. The Hall–Kier alpha value is -1.84. The van der Waals surface area contributed by atoms with Crippen LogP contribution in [-0.4, -0.2) is 26.6 Å². The second-order valence-electron chi connectivity index (χ2n) is 5.02. The summed E-state index contributed by atoms with van der Waals surface area (Å²) in [7, 11) is 0. The van der Waals surface area contributed by atoms with Crippen LogP contribution in [0.1, 0.15) is 16.7 Å². The van der Waals surface area contributed by atoms with Crippen LogP contribution in [0.15, 0.2) is 29.3 Å². The molecule has 1 aromatic heterocycles. The number of alkyl halides is 3. The predicted molar refractivity (Wildman–Crippen MR) is 88.3 cm³/mol. The number of carbonyl (C=O) groups is 1. The number of nitrogen functional groups attached to an aromatic ring is 1. The van der Waals surface area contributed by atoms with Crippen molar-refractivity contribution < 1.29 is 23.1 Å². The van der Waals surface area contributed by atoms with Gasteiger partial charge in [-0.2, -0.15) is 13.2 Å². The SMILES string of the molecule is Nc1nc(Cl)c(CO)c(SCC(=O)Cc2cccc(C(F)(F)F)c2)n1. The zero-order valence-electron chi connectivity index (χ0n) is 12.7. The third-order valence-corrected chi connectivity index (χ3v) is 4.51. The van der Waals surface area contributed by atoms with E-state index in [2.05, 4.69) is 9.97 Å². The van der Waals surface area contributed by atoms with Gasteiger partial charge < -0.3 is 10.8 Å². The molecule has 0 aliphatic heterocycles. The normalized spacial score (nSPS) is 11.6. The molecule has 10 heteroatoms. The molecule has 3 N–H and O–H groups in total. The number of hydrogen-bond acceptors (Lipinski definition) is 6. The van der Waals surface area contributed by atoms with Crippen molar-refractivity contribution in [2.45, 2.75) is 24.2 Å².